The van der Waals surface area contributed by atoms with Crippen molar-refractivity contribution in [2.75, 3.05) is 19.7 Å². The van der Waals surface area contributed by atoms with Crippen molar-refractivity contribution in [2.45, 2.75) is 57.9 Å². The first-order valence-corrected chi connectivity index (χ1v) is 11.1. The maximum Gasteiger partial charge on any atom is 0.409 e. The van der Waals surface area contributed by atoms with E-state index in [0.717, 1.165) is 24.0 Å². The standard InChI is InChI=1S/C26H35N3O2/c1-5-31-24(30)29-17-15-26(16-18-29,22-9-7-6-8-10-22)23(27)28-19-20-11-13-21(14-12-20)25(2,3)4/h6-14H,5,15-19H2,1-4H3,(H2,27,28). The molecule has 0 radical (unpaired) electrons. The maximum atomic E-state index is 12.2. The van der Waals surface area contributed by atoms with E-state index in [4.69, 9.17) is 15.5 Å². The van der Waals surface area contributed by atoms with Crippen molar-refractivity contribution in [3.05, 3.63) is 71.3 Å². The SMILES string of the molecule is CCOC(=O)N1CCC(C(N)=NCc2ccc(C(C)(C)C)cc2)(c2ccccc2)CC1. The van der Waals surface area contributed by atoms with Crippen molar-refractivity contribution in [3.8, 4) is 0 Å². The van der Waals surface area contributed by atoms with Crippen LogP contribution >= 0.6 is 0 Å². The number of piperidine rings is 1. The molecule has 5 heteroatoms. The van der Waals surface area contributed by atoms with Gasteiger partial charge in [-0.05, 0) is 41.9 Å². The summed E-state index contributed by atoms with van der Waals surface area (Å²) in [4.78, 5) is 18.8. The molecule has 2 aromatic rings. The van der Waals surface area contributed by atoms with Crippen molar-refractivity contribution in [2.24, 2.45) is 10.7 Å². The second kappa shape index (κ2) is 9.54. The molecule has 2 aromatic carbocycles. The van der Waals surface area contributed by atoms with E-state index < -0.39 is 0 Å². The van der Waals surface area contributed by atoms with E-state index in [0.29, 0.717) is 32.1 Å². The van der Waals surface area contributed by atoms with Crippen LogP contribution in [0, 0.1) is 0 Å². The van der Waals surface area contributed by atoms with Crippen LogP contribution in [0.2, 0.25) is 0 Å². The Bertz CT molecular complexity index is 890. The number of nitrogens with zero attached hydrogens (tertiary/aromatic N) is 2. The lowest BCUT2D eigenvalue weighted by molar-refractivity contribution is 0.0930. The van der Waals surface area contributed by atoms with Gasteiger partial charge in [0.05, 0.1) is 18.6 Å². The number of amides is 1. The summed E-state index contributed by atoms with van der Waals surface area (Å²) in [6.07, 6.45) is 1.21. The summed E-state index contributed by atoms with van der Waals surface area (Å²) in [7, 11) is 0. The molecule has 0 atom stereocenters. The van der Waals surface area contributed by atoms with E-state index in [9.17, 15) is 4.79 Å². The van der Waals surface area contributed by atoms with E-state index >= 15 is 0 Å². The molecule has 0 saturated carbocycles. The fourth-order valence-corrected chi connectivity index (χ4v) is 4.17. The van der Waals surface area contributed by atoms with Crippen molar-refractivity contribution < 1.29 is 9.53 Å². The summed E-state index contributed by atoms with van der Waals surface area (Å²) >= 11 is 0. The molecule has 0 aromatic heterocycles. The van der Waals surface area contributed by atoms with Crippen LogP contribution in [0.5, 0.6) is 0 Å². The van der Waals surface area contributed by atoms with E-state index in [-0.39, 0.29) is 16.9 Å². The molecule has 1 aliphatic rings. The smallest absolute Gasteiger partial charge is 0.409 e. The molecule has 1 aliphatic heterocycles. The number of carbonyl (C=O) groups excluding carboxylic acids is 1. The zero-order valence-electron chi connectivity index (χ0n) is 19.2. The van der Waals surface area contributed by atoms with Crippen LogP contribution in [0.3, 0.4) is 0 Å². The summed E-state index contributed by atoms with van der Waals surface area (Å²) in [5, 5.41) is 0. The topological polar surface area (TPSA) is 67.9 Å². The Morgan fingerprint density at radius 2 is 1.68 bits per heavy atom. The molecule has 0 bridgehead atoms. The molecular weight excluding hydrogens is 386 g/mol. The Morgan fingerprint density at radius 1 is 1.06 bits per heavy atom. The van der Waals surface area contributed by atoms with E-state index in [1.54, 1.807) is 4.90 Å². The molecule has 2 N–H and O–H groups in total. The molecule has 1 saturated heterocycles. The number of ether oxygens (including phenoxy) is 1. The van der Waals surface area contributed by atoms with E-state index in [2.05, 4.69) is 57.2 Å². The van der Waals surface area contributed by atoms with Crippen molar-refractivity contribution in [1.29, 1.82) is 0 Å². The van der Waals surface area contributed by atoms with Crippen LogP contribution in [-0.4, -0.2) is 36.5 Å². The minimum atomic E-state index is -0.365. The molecule has 3 rings (SSSR count). The molecule has 1 amide bonds. The van der Waals surface area contributed by atoms with Crippen LogP contribution < -0.4 is 5.73 Å². The Labute approximate surface area is 186 Å². The average molecular weight is 422 g/mol. The van der Waals surface area contributed by atoms with Gasteiger partial charge in [0, 0.05) is 13.1 Å². The second-order valence-corrected chi connectivity index (χ2v) is 9.28. The first kappa shape index (κ1) is 22.9. The van der Waals surface area contributed by atoms with Crippen LogP contribution in [0.1, 0.15) is 57.2 Å². The number of hydrogen-bond acceptors (Lipinski definition) is 3. The Balaban J connectivity index is 1.81. The van der Waals surface area contributed by atoms with Gasteiger partial charge in [-0.2, -0.15) is 0 Å². The largest absolute Gasteiger partial charge is 0.450 e. The lowest BCUT2D eigenvalue weighted by Gasteiger charge is -2.41. The van der Waals surface area contributed by atoms with Gasteiger partial charge < -0.3 is 15.4 Å². The van der Waals surface area contributed by atoms with Crippen molar-refractivity contribution in [3.63, 3.8) is 0 Å². The minimum Gasteiger partial charge on any atom is -0.450 e. The average Bonchev–Trinajstić information content (AvgIpc) is 2.78. The first-order chi connectivity index (χ1) is 14.8. The molecule has 0 spiro atoms. The Kier molecular flexibility index (Phi) is 7.04. The third-order valence-corrected chi connectivity index (χ3v) is 6.21. The van der Waals surface area contributed by atoms with Gasteiger partial charge in [-0.3, -0.25) is 4.99 Å². The number of likely N-dealkylation sites (tertiary alicyclic amines) is 1. The third-order valence-electron chi connectivity index (χ3n) is 6.21. The fourth-order valence-electron chi connectivity index (χ4n) is 4.17. The van der Waals surface area contributed by atoms with Crippen LogP contribution in [-0.2, 0) is 22.1 Å². The first-order valence-electron chi connectivity index (χ1n) is 11.1. The highest BCUT2D eigenvalue weighted by Gasteiger charge is 2.41. The van der Waals surface area contributed by atoms with Gasteiger partial charge >= 0.3 is 6.09 Å². The number of hydrogen-bond donors (Lipinski definition) is 1. The molecule has 0 aliphatic carbocycles. The Morgan fingerprint density at radius 3 is 2.23 bits per heavy atom. The van der Waals surface area contributed by atoms with Crippen LogP contribution in [0.25, 0.3) is 0 Å². The summed E-state index contributed by atoms with van der Waals surface area (Å²) in [5.74, 6) is 0.641. The zero-order chi connectivity index (χ0) is 22.5. The predicted molar refractivity (Wildman–Crippen MR) is 126 cm³/mol. The van der Waals surface area contributed by atoms with Gasteiger partial charge in [0.2, 0.25) is 0 Å². The van der Waals surface area contributed by atoms with Crippen molar-refractivity contribution >= 4 is 11.9 Å². The molecule has 0 unspecified atom stereocenters. The van der Waals surface area contributed by atoms with E-state index in [1.165, 1.54) is 5.56 Å². The summed E-state index contributed by atoms with van der Waals surface area (Å²) in [6, 6.07) is 18.9. The second-order valence-electron chi connectivity index (χ2n) is 9.28. The highest BCUT2D eigenvalue weighted by molar-refractivity contribution is 5.92. The van der Waals surface area contributed by atoms with Gasteiger partial charge in [0.15, 0.2) is 0 Å². The monoisotopic (exact) mass is 421 g/mol. The van der Waals surface area contributed by atoms with Crippen LogP contribution in [0.15, 0.2) is 59.6 Å². The maximum absolute atomic E-state index is 12.2. The third kappa shape index (κ3) is 5.27. The lowest BCUT2D eigenvalue weighted by Crippen LogP contribution is -2.51. The Hall–Kier alpha value is -2.82. The predicted octanol–water partition coefficient (Wildman–Crippen LogP) is 5.03. The zero-order valence-corrected chi connectivity index (χ0v) is 19.2. The molecule has 1 fully saturated rings. The molecule has 166 valence electrons. The normalized spacial score (nSPS) is 16.8. The van der Waals surface area contributed by atoms with Gasteiger partial charge in [-0.15, -0.1) is 0 Å². The highest BCUT2D eigenvalue weighted by atomic mass is 16.6. The number of carbonyl (C=O) groups is 1. The number of amidine groups is 1. The molecule has 31 heavy (non-hydrogen) atoms. The lowest BCUT2D eigenvalue weighted by atomic mass is 9.71. The fraction of sp³-hybridized carbons (Fsp3) is 0.462. The van der Waals surface area contributed by atoms with Crippen LogP contribution in [0.4, 0.5) is 4.79 Å². The van der Waals surface area contributed by atoms with Gasteiger partial charge in [0.1, 0.15) is 5.84 Å². The number of rotatable bonds is 5. The number of benzene rings is 2. The van der Waals surface area contributed by atoms with Gasteiger partial charge in [0.25, 0.3) is 0 Å². The number of aliphatic imine (C=N–C) groups is 1. The van der Waals surface area contributed by atoms with Crippen molar-refractivity contribution in [1.82, 2.24) is 4.90 Å². The summed E-state index contributed by atoms with van der Waals surface area (Å²) in [6.45, 7) is 10.6. The molecular formula is C26H35N3O2. The highest BCUT2D eigenvalue weighted by Crippen LogP contribution is 2.36. The quantitative estimate of drug-likeness (QED) is 0.544. The number of nitrogens with two attached hydrogens (primary N) is 1. The minimum absolute atomic E-state index is 0.130. The summed E-state index contributed by atoms with van der Waals surface area (Å²) in [5.41, 5.74) is 10.0. The van der Waals surface area contributed by atoms with Gasteiger partial charge in [-0.1, -0.05) is 75.4 Å². The summed E-state index contributed by atoms with van der Waals surface area (Å²) < 4.78 is 5.18. The van der Waals surface area contributed by atoms with E-state index in [1.807, 2.05) is 25.1 Å². The molecule has 1 heterocycles. The molecule has 5 nitrogen and oxygen atoms in total. The van der Waals surface area contributed by atoms with Gasteiger partial charge in [-0.25, -0.2) is 4.79 Å².